The number of fused-ring (bicyclic) bond motifs is 1. The van der Waals surface area contributed by atoms with Crippen molar-refractivity contribution in [3.63, 3.8) is 0 Å². The van der Waals surface area contributed by atoms with Crippen molar-refractivity contribution in [3.05, 3.63) is 35.9 Å². The molecule has 2 aliphatic rings. The molecule has 0 radical (unpaired) electrons. The zero-order valence-corrected chi connectivity index (χ0v) is 21.6. The fraction of sp³-hybridized carbons (Fsp3) is 0.714. The zero-order valence-electron chi connectivity index (χ0n) is 21.6. The highest BCUT2D eigenvalue weighted by Crippen LogP contribution is 2.44. The lowest BCUT2D eigenvalue weighted by atomic mass is 9.65. The highest BCUT2D eigenvalue weighted by atomic mass is 16.2. The second-order valence-corrected chi connectivity index (χ2v) is 10.6. The van der Waals surface area contributed by atoms with E-state index in [0.29, 0.717) is 24.5 Å². The van der Waals surface area contributed by atoms with Crippen molar-refractivity contribution in [1.29, 1.82) is 5.41 Å². The van der Waals surface area contributed by atoms with E-state index in [2.05, 4.69) is 74.8 Å². The molecule has 2 atom stereocenters. The number of amides is 2. The summed E-state index contributed by atoms with van der Waals surface area (Å²) < 4.78 is 0. The van der Waals surface area contributed by atoms with Crippen molar-refractivity contribution >= 4 is 11.9 Å². The largest absolute Gasteiger partial charge is 0.325 e. The fourth-order valence-electron chi connectivity index (χ4n) is 6.14. The lowest BCUT2D eigenvalue weighted by Crippen LogP contribution is -2.70. The maximum Gasteiger partial charge on any atom is 0.325 e. The molecule has 2 heterocycles. The summed E-state index contributed by atoms with van der Waals surface area (Å²) in [5.74, 6) is 0.533. The van der Waals surface area contributed by atoms with Gasteiger partial charge in [0.25, 0.3) is 0 Å². The number of hydrogen-bond acceptors (Lipinski definition) is 3. The highest BCUT2D eigenvalue weighted by Gasteiger charge is 2.55. The van der Waals surface area contributed by atoms with Gasteiger partial charge in [0, 0.05) is 31.7 Å². The third kappa shape index (κ3) is 5.29. The molecule has 0 aliphatic carbocycles. The summed E-state index contributed by atoms with van der Waals surface area (Å²) in [6.45, 7) is 13.7. The third-order valence-electron chi connectivity index (χ3n) is 7.86. The SMILES string of the molecule is CCCCCCN1C(=N)[C@@](CCN(C(C)C)C(C)C)(c2ccccc2)[C@H]2CCCCN2C1=O. The van der Waals surface area contributed by atoms with E-state index in [9.17, 15) is 10.2 Å². The summed E-state index contributed by atoms with van der Waals surface area (Å²) in [5.41, 5.74) is 0.743. The van der Waals surface area contributed by atoms with E-state index in [-0.39, 0.29) is 12.1 Å². The topological polar surface area (TPSA) is 50.6 Å². The molecule has 2 aliphatic heterocycles. The first kappa shape index (κ1) is 25.7. The Morgan fingerprint density at radius 1 is 1.06 bits per heavy atom. The van der Waals surface area contributed by atoms with Crippen LogP contribution in [0.4, 0.5) is 4.79 Å². The molecule has 2 amide bonds. The van der Waals surface area contributed by atoms with Crippen molar-refractivity contribution in [2.45, 2.75) is 110 Å². The molecule has 184 valence electrons. The number of carbonyl (C=O) groups is 1. The minimum absolute atomic E-state index is 0.0670. The summed E-state index contributed by atoms with van der Waals surface area (Å²) in [4.78, 5) is 20.1. The zero-order chi connectivity index (χ0) is 24.0. The number of carbonyl (C=O) groups excluding carboxylic acids is 1. The molecule has 3 rings (SSSR count). The number of hydrogen-bond donors (Lipinski definition) is 1. The minimum Gasteiger partial charge on any atom is -0.320 e. The number of benzene rings is 1. The summed E-state index contributed by atoms with van der Waals surface area (Å²) in [6.07, 6.45) is 8.48. The lowest BCUT2D eigenvalue weighted by Gasteiger charge is -2.56. The Bertz CT molecular complexity index is 769. The molecule has 0 bridgehead atoms. The molecular formula is C28H46N4O. The molecule has 5 heteroatoms. The summed E-state index contributed by atoms with van der Waals surface area (Å²) in [6, 6.07) is 11.7. The van der Waals surface area contributed by atoms with Gasteiger partial charge in [-0.2, -0.15) is 0 Å². The molecule has 2 fully saturated rings. The van der Waals surface area contributed by atoms with Crippen LogP contribution in [0.3, 0.4) is 0 Å². The van der Waals surface area contributed by atoms with Gasteiger partial charge in [-0.05, 0) is 65.4 Å². The van der Waals surface area contributed by atoms with E-state index < -0.39 is 5.41 Å². The molecule has 1 aromatic carbocycles. The van der Waals surface area contributed by atoms with Gasteiger partial charge in [0.05, 0.1) is 11.5 Å². The predicted octanol–water partition coefficient (Wildman–Crippen LogP) is 6.28. The Morgan fingerprint density at radius 2 is 1.76 bits per heavy atom. The minimum atomic E-state index is -0.456. The number of rotatable bonds is 11. The number of unbranched alkanes of at least 4 members (excludes halogenated alkanes) is 3. The van der Waals surface area contributed by atoms with Crippen LogP contribution in [0.5, 0.6) is 0 Å². The predicted molar refractivity (Wildman–Crippen MR) is 138 cm³/mol. The van der Waals surface area contributed by atoms with Crippen LogP contribution in [-0.4, -0.2) is 64.3 Å². The average Bonchev–Trinajstić information content (AvgIpc) is 2.81. The van der Waals surface area contributed by atoms with E-state index >= 15 is 0 Å². The molecular weight excluding hydrogens is 408 g/mol. The van der Waals surface area contributed by atoms with Crippen molar-refractivity contribution in [2.75, 3.05) is 19.6 Å². The first-order valence-corrected chi connectivity index (χ1v) is 13.3. The second-order valence-electron chi connectivity index (χ2n) is 10.6. The van der Waals surface area contributed by atoms with Crippen LogP contribution < -0.4 is 0 Å². The van der Waals surface area contributed by atoms with E-state index in [1.54, 1.807) is 0 Å². The fourth-order valence-corrected chi connectivity index (χ4v) is 6.14. The maximum atomic E-state index is 13.6. The van der Waals surface area contributed by atoms with Crippen molar-refractivity contribution in [2.24, 2.45) is 0 Å². The van der Waals surface area contributed by atoms with Gasteiger partial charge in [0.15, 0.2) is 0 Å². The first-order chi connectivity index (χ1) is 15.8. The Morgan fingerprint density at radius 3 is 2.39 bits per heavy atom. The summed E-state index contributed by atoms with van der Waals surface area (Å²) in [7, 11) is 0. The smallest absolute Gasteiger partial charge is 0.320 e. The number of piperidine rings is 1. The van der Waals surface area contributed by atoms with Crippen molar-refractivity contribution in [3.8, 4) is 0 Å². The molecule has 33 heavy (non-hydrogen) atoms. The van der Waals surface area contributed by atoms with Gasteiger partial charge in [-0.1, -0.05) is 56.5 Å². The molecule has 0 unspecified atom stereocenters. The molecule has 0 aromatic heterocycles. The Balaban J connectivity index is 2.03. The Labute approximate surface area is 202 Å². The van der Waals surface area contributed by atoms with E-state index in [4.69, 9.17) is 0 Å². The van der Waals surface area contributed by atoms with Crippen molar-refractivity contribution < 1.29 is 4.79 Å². The van der Waals surface area contributed by atoms with Gasteiger partial charge in [-0.25, -0.2) is 4.79 Å². The lowest BCUT2D eigenvalue weighted by molar-refractivity contribution is 0.0685. The Kier molecular flexibility index (Phi) is 8.97. The van der Waals surface area contributed by atoms with E-state index in [1.807, 2.05) is 4.90 Å². The van der Waals surface area contributed by atoms with Crippen molar-refractivity contribution in [1.82, 2.24) is 14.7 Å². The molecule has 2 saturated heterocycles. The molecule has 0 spiro atoms. The van der Waals surface area contributed by atoms with Gasteiger partial charge < -0.3 is 4.90 Å². The van der Waals surface area contributed by atoms with Crippen LogP contribution in [0, 0.1) is 5.41 Å². The van der Waals surface area contributed by atoms with Gasteiger partial charge in [0.1, 0.15) is 5.84 Å². The normalized spacial score (nSPS) is 23.7. The van der Waals surface area contributed by atoms with Crippen LogP contribution in [0.15, 0.2) is 30.3 Å². The standard InChI is InChI=1S/C28H46N4O/c1-6-7-8-13-20-32-26(29)28(24-15-10-9-11-16-24,18-21-30(22(2)3)23(4)5)25-17-12-14-19-31(25)27(32)33/h9-11,15-16,22-23,25,29H,6-8,12-14,17-21H2,1-5H3/t25-,28+/m1/s1. The number of urea groups is 1. The quantitative estimate of drug-likeness (QED) is 0.400. The van der Waals surface area contributed by atoms with Crippen LogP contribution in [0.25, 0.3) is 0 Å². The summed E-state index contributed by atoms with van der Waals surface area (Å²) >= 11 is 0. The van der Waals surface area contributed by atoms with E-state index in [1.165, 1.54) is 18.4 Å². The van der Waals surface area contributed by atoms with Crippen LogP contribution in [0.2, 0.25) is 0 Å². The molecule has 0 saturated carbocycles. The van der Waals surface area contributed by atoms with Crippen LogP contribution >= 0.6 is 0 Å². The van der Waals surface area contributed by atoms with Gasteiger partial charge in [-0.15, -0.1) is 0 Å². The third-order valence-corrected chi connectivity index (χ3v) is 7.86. The van der Waals surface area contributed by atoms with Crippen LogP contribution in [0.1, 0.15) is 91.5 Å². The monoisotopic (exact) mass is 454 g/mol. The van der Waals surface area contributed by atoms with Gasteiger partial charge in [0.2, 0.25) is 0 Å². The second kappa shape index (κ2) is 11.5. The Hall–Kier alpha value is -1.88. The maximum absolute atomic E-state index is 13.6. The van der Waals surface area contributed by atoms with E-state index in [0.717, 1.165) is 51.6 Å². The molecule has 1 aromatic rings. The summed E-state index contributed by atoms with van der Waals surface area (Å²) in [5, 5.41) is 9.54. The van der Waals surface area contributed by atoms with Gasteiger partial charge in [-0.3, -0.25) is 15.2 Å². The first-order valence-electron chi connectivity index (χ1n) is 13.3. The number of nitrogens with zero attached hydrogens (tertiary/aromatic N) is 3. The average molecular weight is 455 g/mol. The number of amidine groups is 1. The molecule has 1 N–H and O–H groups in total. The van der Waals surface area contributed by atoms with Gasteiger partial charge >= 0.3 is 6.03 Å². The molecule has 5 nitrogen and oxygen atoms in total. The van der Waals surface area contributed by atoms with Crippen LogP contribution in [-0.2, 0) is 5.41 Å². The number of nitrogens with one attached hydrogen (secondary N) is 1. The highest BCUT2D eigenvalue weighted by molar-refractivity contribution is 6.05.